The molecule has 3 heterocycles. The average Bonchev–Trinajstić information content (AvgIpc) is 3.42. The van der Waals surface area contributed by atoms with E-state index in [2.05, 4.69) is 9.80 Å². The number of hydrogen-bond acceptors (Lipinski definition) is 3. The molecule has 2 aromatic carbocycles. The molecule has 0 aromatic heterocycles. The van der Waals surface area contributed by atoms with Gasteiger partial charge in [0.2, 0.25) is 0 Å². The summed E-state index contributed by atoms with van der Waals surface area (Å²) in [6.45, 7) is 6.44. The first-order valence-corrected chi connectivity index (χ1v) is 14.1. The third kappa shape index (κ3) is 7.09. The first-order chi connectivity index (χ1) is 18.6. The summed E-state index contributed by atoms with van der Waals surface area (Å²) in [7, 11) is 0. The van der Waals surface area contributed by atoms with Crippen molar-refractivity contribution in [3.63, 3.8) is 0 Å². The molecule has 3 aliphatic rings. The van der Waals surface area contributed by atoms with Gasteiger partial charge >= 0.3 is 12.4 Å². The van der Waals surface area contributed by atoms with Crippen molar-refractivity contribution in [1.29, 1.82) is 0 Å². The highest BCUT2D eigenvalue weighted by Gasteiger charge is 2.35. The third-order valence-corrected chi connectivity index (χ3v) is 8.78. The molecule has 0 unspecified atom stereocenters. The fourth-order valence-corrected chi connectivity index (χ4v) is 6.48. The van der Waals surface area contributed by atoms with Crippen LogP contribution in [0.2, 0.25) is 0 Å². The van der Waals surface area contributed by atoms with E-state index in [4.69, 9.17) is 0 Å². The van der Waals surface area contributed by atoms with Gasteiger partial charge in [-0.1, -0.05) is 18.2 Å². The van der Waals surface area contributed by atoms with Gasteiger partial charge in [0, 0.05) is 31.9 Å². The van der Waals surface area contributed by atoms with Crippen LogP contribution in [0, 0.1) is 5.92 Å². The summed E-state index contributed by atoms with van der Waals surface area (Å²) in [5.74, 6) is 0.729. The number of piperidine rings is 2. The summed E-state index contributed by atoms with van der Waals surface area (Å²) in [6, 6.07) is 10.1. The second kappa shape index (κ2) is 11.7. The number of halogens is 6. The molecule has 0 saturated carbocycles. The van der Waals surface area contributed by atoms with Crippen molar-refractivity contribution in [2.24, 2.45) is 5.92 Å². The van der Waals surface area contributed by atoms with Gasteiger partial charge in [-0.2, -0.15) is 26.3 Å². The molecule has 0 radical (unpaired) electrons. The van der Waals surface area contributed by atoms with Crippen LogP contribution >= 0.6 is 0 Å². The van der Waals surface area contributed by atoms with Gasteiger partial charge in [-0.05, 0) is 112 Å². The maximum absolute atomic E-state index is 14.1. The first-order valence-electron chi connectivity index (χ1n) is 14.1. The molecular formula is C30H37F6N3. The molecule has 0 atom stereocenters. The Morgan fingerprint density at radius 3 is 1.90 bits per heavy atom. The monoisotopic (exact) mass is 553 g/mol. The van der Waals surface area contributed by atoms with E-state index in [0.29, 0.717) is 37.5 Å². The van der Waals surface area contributed by atoms with Crippen LogP contribution in [0.4, 0.5) is 32.0 Å². The number of hydrogen-bond donors (Lipinski definition) is 0. The molecule has 5 rings (SSSR count). The summed E-state index contributed by atoms with van der Waals surface area (Å²) in [6.07, 6.45) is -2.84. The Hall–Kier alpha value is -2.26. The molecule has 3 aliphatic heterocycles. The van der Waals surface area contributed by atoms with Crippen molar-refractivity contribution in [2.45, 2.75) is 63.3 Å². The lowest BCUT2D eigenvalue weighted by Crippen LogP contribution is -2.38. The molecule has 3 fully saturated rings. The number of nitrogens with zero attached hydrogens (tertiary/aromatic N) is 3. The quantitative estimate of drug-likeness (QED) is 0.345. The van der Waals surface area contributed by atoms with E-state index in [1.165, 1.54) is 44.1 Å². The minimum atomic E-state index is -4.43. The van der Waals surface area contributed by atoms with Gasteiger partial charge < -0.3 is 9.80 Å². The smallest absolute Gasteiger partial charge is 0.372 e. The van der Waals surface area contributed by atoms with E-state index in [-0.39, 0.29) is 18.0 Å². The van der Waals surface area contributed by atoms with Crippen molar-refractivity contribution in [1.82, 2.24) is 9.80 Å². The minimum Gasteiger partial charge on any atom is -0.372 e. The number of likely N-dealkylation sites (tertiary alicyclic amines) is 2. The highest BCUT2D eigenvalue weighted by molar-refractivity contribution is 5.52. The summed E-state index contributed by atoms with van der Waals surface area (Å²) in [5, 5.41) is 0. The molecule has 214 valence electrons. The summed E-state index contributed by atoms with van der Waals surface area (Å²) < 4.78 is 80.9. The number of benzene rings is 2. The zero-order chi connectivity index (χ0) is 27.6. The van der Waals surface area contributed by atoms with Crippen LogP contribution in [0.15, 0.2) is 42.5 Å². The molecular weight excluding hydrogens is 516 g/mol. The average molecular weight is 554 g/mol. The molecule has 0 aliphatic carbocycles. The Morgan fingerprint density at radius 1 is 0.667 bits per heavy atom. The van der Waals surface area contributed by atoms with Gasteiger partial charge in [-0.15, -0.1) is 0 Å². The summed E-state index contributed by atoms with van der Waals surface area (Å²) in [5.41, 5.74) is 0.546. The van der Waals surface area contributed by atoms with Crippen LogP contribution in [0.5, 0.6) is 0 Å². The van der Waals surface area contributed by atoms with Crippen molar-refractivity contribution in [2.75, 3.05) is 50.7 Å². The fourth-order valence-electron chi connectivity index (χ4n) is 6.48. The van der Waals surface area contributed by atoms with Gasteiger partial charge in [-0.3, -0.25) is 4.90 Å². The number of alkyl halides is 6. The zero-order valence-electron chi connectivity index (χ0n) is 22.2. The Bertz CT molecular complexity index is 1080. The van der Waals surface area contributed by atoms with E-state index in [1.807, 2.05) is 11.0 Å². The van der Waals surface area contributed by atoms with Crippen LogP contribution in [0.3, 0.4) is 0 Å². The Kier molecular flexibility index (Phi) is 8.48. The van der Waals surface area contributed by atoms with Crippen molar-refractivity contribution < 1.29 is 26.3 Å². The van der Waals surface area contributed by atoms with Gasteiger partial charge in [0.25, 0.3) is 0 Å². The van der Waals surface area contributed by atoms with Crippen molar-refractivity contribution in [3.8, 4) is 0 Å². The SMILES string of the molecule is FC(F)(F)c1ccc(C2CCN(Cc3ccc(N4CCC(CN5CCCC5)CC4)cc3C(F)(F)F)CC2)cc1. The summed E-state index contributed by atoms with van der Waals surface area (Å²) in [4.78, 5) is 6.63. The molecule has 0 amide bonds. The van der Waals surface area contributed by atoms with Crippen LogP contribution in [0.1, 0.15) is 66.7 Å². The molecule has 3 nitrogen and oxygen atoms in total. The van der Waals surface area contributed by atoms with Crippen LogP contribution < -0.4 is 4.90 Å². The normalized spacial score (nSPS) is 21.1. The van der Waals surface area contributed by atoms with Crippen LogP contribution in [-0.2, 0) is 18.9 Å². The van der Waals surface area contributed by atoms with Gasteiger partial charge in [0.1, 0.15) is 0 Å². The third-order valence-electron chi connectivity index (χ3n) is 8.78. The maximum Gasteiger partial charge on any atom is 0.416 e. The predicted molar refractivity (Wildman–Crippen MR) is 141 cm³/mol. The zero-order valence-corrected chi connectivity index (χ0v) is 22.2. The van der Waals surface area contributed by atoms with Crippen molar-refractivity contribution in [3.05, 3.63) is 64.7 Å². The van der Waals surface area contributed by atoms with Gasteiger partial charge in [0.05, 0.1) is 11.1 Å². The summed E-state index contributed by atoms with van der Waals surface area (Å²) >= 11 is 0. The molecule has 39 heavy (non-hydrogen) atoms. The van der Waals surface area contributed by atoms with Gasteiger partial charge in [-0.25, -0.2) is 0 Å². The molecule has 0 N–H and O–H groups in total. The van der Waals surface area contributed by atoms with E-state index in [0.717, 1.165) is 50.2 Å². The lowest BCUT2D eigenvalue weighted by atomic mass is 9.88. The lowest BCUT2D eigenvalue weighted by Gasteiger charge is -2.36. The number of anilines is 1. The molecule has 2 aromatic rings. The maximum atomic E-state index is 14.1. The highest BCUT2D eigenvalue weighted by atomic mass is 19.4. The second-order valence-electron chi connectivity index (χ2n) is 11.4. The first kappa shape index (κ1) is 28.3. The Labute approximate surface area is 226 Å². The van der Waals surface area contributed by atoms with Crippen LogP contribution in [-0.4, -0.2) is 55.6 Å². The second-order valence-corrected chi connectivity index (χ2v) is 11.4. The largest absolute Gasteiger partial charge is 0.416 e. The van der Waals surface area contributed by atoms with Crippen molar-refractivity contribution >= 4 is 5.69 Å². The molecule has 0 bridgehead atoms. The number of rotatable bonds is 6. The topological polar surface area (TPSA) is 9.72 Å². The highest BCUT2D eigenvalue weighted by Crippen LogP contribution is 2.38. The molecule has 3 saturated heterocycles. The van der Waals surface area contributed by atoms with E-state index >= 15 is 0 Å². The Morgan fingerprint density at radius 2 is 1.31 bits per heavy atom. The fraction of sp³-hybridized carbons (Fsp3) is 0.600. The van der Waals surface area contributed by atoms with Crippen LogP contribution in [0.25, 0.3) is 0 Å². The van der Waals surface area contributed by atoms with E-state index in [9.17, 15) is 26.3 Å². The molecule has 0 spiro atoms. The minimum absolute atomic E-state index is 0.112. The predicted octanol–water partition coefficient (Wildman–Crippen LogP) is 7.42. The van der Waals surface area contributed by atoms with E-state index < -0.39 is 23.5 Å². The standard InChI is InChI=1S/C30H37F6N3/c31-29(32,33)26-6-3-23(4-7-26)24-11-15-38(16-12-24)21-25-5-8-27(19-28(25)30(34,35)36)39-17-9-22(10-18-39)20-37-13-1-2-14-37/h3-8,19,22,24H,1-2,9-18,20-21H2. The van der Waals surface area contributed by atoms with E-state index in [1.54, 1.807) is 6.07 Å². The van der Waals surface area contributed by atoms with Gasteiger partial charge in [0.15, 0.2) is 0 Å². The lowest BCUT2D eigenvalue weighted by molar-refractivity contribution is -0.139. The molecule has 9 heteroatoms. The Balaban J connectivity index is 1.18.